The van der Waals surface area contributed by atoms with Gasteiger partial charge in [0, 0.05) is 49.0 Å². The van der Waals surface area contributed by atoms with Gasteiger partial charge in [-0.2, -0.15) is 0 Å². The lowest BCUT2D eigenvalue weighted by molar-refractivity contribution is 0.246. The second kappa shape index (κ2) is 7.20. The molecule has 0 spiro atoms. The van der Waals surface area contributed by atoms with Crippen LogP contribution in [0.15, 0.2) is 42.5 Å². The number of hydrogen-bond acceptors (Lipinski definition) is 3. The van der Waals surface area contributed by atoms with Gasteiger partial charge in [0.15, 0.2) is 0 Å². The van der Waals surface area contributed by atoms with Gasteiger partial charge in [0.2, 0.25) is 0 Å². The zero-order chi connectivity index (χ0) is 16.2. The third-order valence-corrected chi connectivity index (χ3v) is 4.61. The molecule has 1 fully saturated rings. The Kier molecular flexibility index (Phi) is 5.03. The van der Waals surface area contributed by atoms with Gasteiger partial charge in [-0.15, -0.1) is 0 Å². The van der Waals surface area contributed by atoms with E-state index in [0.29, 0.717) is 17.1 Å². The predicted octanol–water partition coefficient (Wildman–Crippen LogP) is 3.81. The highest BCUT2D eigenvalue weighted by atomic mass is 35.5. The molecule has 23 heavy (non-hydrogen) atoms. The molecule has 0 atom stereocenters. The SMILES string of the molecule is COc1ccc(N2CCN(Cc3c(F)cccc3Cl)CC2)cc1. The lowest BCUT2D eigenvalue weighted by atomic mass is 10.1. The standard InChI is InChI=1S/C18H20ClFN2O/c1-23-15-7-5-14(6-8-15)22-11-9-21(10-12-22)13-16-17(19)3-2-4-18(16)20/h2-8H,9-13H2,1H3. The van der Waals surface area contributed by atoms with Gasteiger partial charge < -0.3 is 9.64 Å². The molecule has 1 saturated heterocycles. The Morgan fingerprint density at radius 3 is 2.35 bits per heavy atom. The van der Waals surface area contributed by atoms with Crippen LogP contribution in [0, 0.1) is 5.82 Å². The summed E-state index contributed by atoms with van der Waals surface area (Å²) >= 11 is 6.11. The van der Waals surface area contributed by atoms with E-state index < -0.39 is 0 Å². The smallest absolute Gasteiger partial charge is 0.129 e. The molecule has 0 saturated carbocycles. The number of nitrogens with zero attached hydrogens (tertiary/aromatic N) is 2. The molecule has 1 aliphatic rings. The summed E-state index contributed by atoms with van der Waals surface area (Å²) in [5, 5.41) is 0.502. The molecule has 0 aromatic heterocycles. The Balaban J connectivity index is 1.60. The summed E-state index contributed by atoms with van der Waals surface area (Å²) < 4.78 is 19.1. The van der Waals surface area contributed by atoms with Gasteiger partial charge in [-0.25, -0.2) is 4.39 Å². The van der Waals surface area contributed by atoms with E-state index in [0.717, 1.165) is 31.9 Å². The lowest BCUT2D eigenvalue weighted by Gasteiger charge is -2.36. The minimum atomic E-state index is -0.227. The van der Waals surface area contributed by atoms with Crippen LogP contribution < -0.4 is 9.64 Å². The normalized spacial score (nSPS) is 15.7. The van der Waals surface area contributed by atoms with Gasteiger partial charge in [-0.1, -0.05) is 17.7 Å². The highest BCUT2D eigenvalue weighted by Crippen LogP contribution is 2.23. The summed E-state index contributed by atoms with van der Waals surface area (Å²) in [5.74, 6) is 0.636. The summed E-state index contributed by atoms with van der Waals surface area (Å²) in [7, 11) is 1.67. The Morgan fingerprint density at radius 2 is 1.74 bits per heavy atom. The van der Waals surface area contributed by atoms with E-state index >= 15 is 0 Å². The van der Waals surface area contributed by atoms with E-state index in [2.05, 4.69) is 21.9 Å². The molecule has 0 bridgehead atoms. The first-order chi connectivity index (χ1) is 11.2. The Bertz CT molecular complexity index is 634. The monoisotopic (exact) mass is 334 g/mol. The van der Waals surface area contributed by atoms with E-state index in [4.69, 9.17) is 16.3 Å². The minimum absolute atomic E-state index is 0.227. The quantitative estimate of drug-likeness (QED) is 0.845. The van der Waals surface area contributed by atoms with Crippen molar-refractivity contribution >= 4 is 17.3 Å². The Labute approximate surface area is 141 Å². The number of halogens is 2. The van der Waals surface area contributed by atoms with Crippen LogP contribution in [0.2, 0.25) is 5.02 Å². The first-order valence-electron chi connectivity index (χ1n) is 7.71. The second-order valence-electron chi connectivity index (χ2n) is 5.66. The van der Waals surface area contributed by atoms with Crippen molar-refractivity contribution in [3.05, 3.63) is 58.9 Å². The average Bonchev–Trinajstić information content (AvgIpc) is 2.59. The molecule has 0 amide bonds. The van der Waals surface area contributed by atoms with Crippen LogP contribution >= 0.6 is 11.6 Å². The minimum Gasteiger partial charge on any atom is -0.497 e. The Morgan fingerprint density at radius 1 is 1.04 bits per heavy atom. The van der Waals surface area contributed by atoms with Gasteiger partial charge in [-0.05, 0) is 36.4 Å². The second-order valence-corrected chi connectivity index (χ2v) is 6.07. The number of piperazine rings is 1. The largest absolute Gasteiger partial charge is 0.497 e. The number of methoxy groups -OCH3 is 1. The zero-order valence-corrected chi connectivity index (χ0v) is 13.9. The maximum Gasteiger partial charge on any atom is 0.129 e. The molecule has 1 aliphatic heterocycles. The highest BCUT2D eigenvalue weighted by Gasteiger charge is 2.19. The summed E-state index contributed by atoms with van der Waals surface area (Å²) in [6.07, 6.45) is 0. The average molecular weight is 335 g/mol. The molecule has 2 aromatic rings. The topological polar surface area (TPSA) is 15.7 Å². The van der Waals surface area contributed by atoms with Gasteiger partial charge in [0.05, 0.1) is 7.11 Å². The molecular formula is C18H20ClFN2O. The number of benzene rings is 2. The third-order valence-electron chi connectivity index (χ3n) is 4.25. The van der Waals surface area contributed by atoms with Crippen LogP contribution in [-0.4, -0.2) is 38.2 Å². The Hall–Kier alpha value is -1.78. The maximum absolute atomic E-state index is 13.9. The van der Waals surface area contributed by atoms with Crippen molar-refractivity contribution in [2.45, 2.75) is 6.54 Å². The van der Waals surface area contributed by atoms with Gasteiger partial charge in [0.25, 0.3) is 0 Å². The van der Waals surface area contributed by atoms with Crippen molar-refractivity contribution in [2.24, 2.45) is 0 Å². The molecule has 0 radical (unpaired) electrons. The van der Waals surface area contributed by atoms with Crippen molar-refractivity contribution in [1.82, 2.24) is 4.90 Å². The van der Waals surface area contributed by atoms with Gasteiger partial charge >= 0.3 is 0 Å². The number of anilines is 1. The van der Waals surface area contributed by atoms with Crippen LogP contribution in [0.5, 0.6) is 5.75 Å². The molecule has 3 nitrogen and oxygen atoms in total. The van der Waals surface area contributed by atoms with Crippen LogP contribution in [0.1, 0.15) is 5.56 Å². The van der Waals surface area contributed by atoms with E-state index in [1.165, 1.54) is 11.8 Å². The maximum atomic E-state index is 13.9. The number of hydrogen-bond donors (Lipinski definition) is 0. The number of rotatable bonds is 4. The molecule has 2 aromatic carbocycles. The summed E-state index contributed by atoms with van der Waals surface area (Å²) in [6, 6.07) is 12.9. The molecule has 122 valence electrons. The third kappa shape index (κ3) is 3.77. The van der Waals surface area contributed by atoms with Crippen molar-refractivity contribution in [2.75, 3.05) is 38.2 Å². The van der Waals surface area contributed by atoms with E-state index in [1.54, 1.807) is 19.2 Å². The fourth-order valence-corrected chi connectivity index (χ4v) is 3.09. The molecule has 0 N–H and O–H groups in total. The molecule has 3 rings (SSSR count). The van der Waals surface area contributed by atoms with Crippen LogP contribution in [0.4, 0.5) is 10.1 Å². The predicted molar refractivity (Wildman–Crippen MR) is 91.9 cm³/mol. The first kappa shape index (κ1) is 16.1. The summed E-state index contributed by atoms with van der Waals surface area (Å²) in [5.41, 5.74) is 1.78. The number of ether oxygens (including phenoxy) is 1. The summed E-state index contributed by atoms with van der Waals surface area (Å²) in [4.78, 5) is 4.57. The molecular weight excluding hydrogens is 315 g/mol. The lowest BCUT2D eigenvalue weighted by Crippen LogP contribution is -2.46. The van der Waals surface area contributed by atoms with Crippen LogP contribution in [0.25, 0.3) is 0 Å². The van der Waals surface area contributed by atoms with Crippen molar-refractivity contribution < 1.29 is 9.13 Å². The van der Waals surface area contributed by atoms with E-state index in [-0.39, 0.29) is 5.82 Å². The van der Waals surface area contributed by atoms with Crippen molar-refractivity contribution in [3.8, 4) is 5.75 Å². The summed E-state index contributed by atoms with van der Waals surface area (Å²) in [6.45, 7) is 4.16. The van der Waals surface area contributed by atoms with Crippen molar-refractivity contribution in [3.63, 3.8) is 0 Å². The molecule has 5 heteroatoms. The highest BCUT2D eigenvalue weighted by molar-refractivity contribution is 6.31. The molecule has 0 unspecified atom stereocenters. The van der Waals surface area contributed by atoms with Gasteiger partial charge in [0.1, 0.15) is 11.6 Å². The van der Waals surface area contributed by atoms with Crippen molar-refractivity contribution in [1.29, 1.82) is 0 Å². The van der Waals surface area contributed by atoms with Crippen LogP contribution in [-0.2, 0) is 6.54 Å². The first-order valence-corrected chi connectivity index (χ1v) is 8.09. The van der Waals surface area contributed by atoms with E-state index in [9.17, 15) is 4.39 Å². The molecule has 1 heterocycles. The molecule has 0 aliphatic carbocycles. The van der Waals surface area contributed by atoms with E-state index in [1.807, 2.05) is 12.1 Å². The van der Waals surface area contributed by atoms with Gasteiger partial charge in [-0.3, -0.25) is 4.90 Å². The fraction of sp³-hybridized carbons (Fsp3) is 0.333. The zero-order valence-electron chi connectivity index (χ0n) is 13.1. The van der Waals surface area contributed by atoms with Crippen LogP contribution in [0.3, 0.4) is 0 Å². The fourth-order valence-electron chi connectivity index (χ4n) is 2.86.